The first-order valence-electron chi connectivity index (χ1n) is 6.40. The monoisotopic (exact) mass is 235 g/mol. The van der Waals surface area contributed by atoms with Gasteiger partial charge >= 0.3 is 0 Å². The Hall–Kier alpha value is -0.860. The molecule has 2 heteroatoms. The molecule has 0 aromatic heterocycles. The highest BCUT2D eigenvalue weighted by Gasteiger charge is 2.12. The van der Waals surface area contributed by atoms with Crippen molar-refractivity contribution < 1.29 is 5.11 Å². The lowest BCUT2D eigenvalue weighted by Gasteiger charge is -2.21. The second-order valence-corrected chi connectivity index (χ2v) is 5.30. The Kier molecular flexibility index (Phi) is 5.16. The van der Waals surface area contributed by atoms with Crippen LogP contribution in [0.15, 0.2) is 18.2 Å². The Labute approximate surface area is 105 Å². The van der Waals surface area contributed by atoms with E-state index in [1.165, 1.54) is 16.7 Å². The maximum atomic E-state index is 9.77. The van der Waals surface area contributed by atoms with Gasteiger partial charge in [-0.25, -0.2) is 0 Å². The van der Waals surface area contributed by atoms with E-state index < -0.39 is 0 Å². The predicted octanol–water partition coefficient (Wildman–Crippen LogP) is 2.97. The van der Waals surface area contributed by atoms with Crippen molar-refractivity contribution in [2.24, 2.45) is 5.92 Å². The minimum absolute atomic E-state index is 0.275. The zero-order valence-corrected chi connectivity index (χ0v) is 11.6. The highest BCUT2D eigenvalue weighted by Crippen LogP contribution is 2.18. The summed E-state index contributed by atoms with van der Waals surface area (Å²) < 4.78 is 0. The summed E-state index contributed by atoms with van der Waals surface area (Å²) in [6.45, 7) is 11.1. The van der Waals surface area contributed by atoms with E-state index in [1.54, 1.807) is 0 Å². The van der Waals surface area contributed by atoms with Crippen molar-refractivity contribution in [1.29, 1.82) is 0 Å². The number of aryl methyl sites for hydroxylation is 2. The first-order chi connectivity index (χ1) is 7.91. The summed E-state index contributed by atoms with van der Waals surface area (Å²) in [6.07, 6.45) is -0.275. The van der Waals surface area contributed by atoms with Crippen LogP contribution in [0.2, 0.25) is 0 Å². The molecule has 0 heterocycles. The van der Waals surface area contributed by atoms with Crippen molar-refractivity contribution in [1.82, 2.24) is 5.32 Å². The number of rotatable bonds is 5. The topological polar surface area (TPSA) is 32.3 Å². The smallest absolute Gasteiger partial charge is 0.0687 e. The minimum atomic E-state index is -0.275. The molecular weight excluding hydrogens is 210 g/mol. The van der Waals surface area contributed by atoms with Gasteiger partial charge in [-0.2, -0.15) is 0 Å². The molecule has 0 saturated carbocycles. The predicted molar refractivity (Wildman–Crippen MR) is 73.2 cm³/mol. The zero-order valence-electron chi connectivity index (χ0n) is 11.6. The van der Waals surface area contributed by atoms with Crippen LogP contribution in [-0.4, -0.2) is 17.8 Å². The molecule has 0 aliphatic rings. The summed E-state index contributed by atoms with van der Waals surface area (Å²) >= 11 is 0. The van der Waals surface area contributed by atoms with Gasteiger partial charge in [-0.3, -0.25) is 0 Å². The fourth-order valence-corrected chi connectivity index (χ4v) is 1.95. The third kappa shape index (κ3) is 4.14. The fourth-order valence-electron chi connectivity index (χ4n) is 1.95. The van der Waals surface area contributed by atoms with Crippen LogP contribution < -0.4 is 5.32 Å². The highest BCUT2D eigenvalue weighted by molar-refractivity contribution is 5.32. The Bertz CT molecular complexity index is 360. The molecule has 2 atom stereocenters. The molecule has 1 rings (SSSR count). The van der Waals surface area contributed by atoms with Crippen molar-refractivity contribution in [3.8, 4) is 0 Å². The van der Waals surface area contributed by atoms with E-state index >= 15 is 0 Å². The van der Waals surface area contributed by atoms with Crippen LogP contribution in [0.5, 0.6) is 0 Å². The summed E-state index contributed by atoms with van der Waals surface area (Å²) in [6, 6.07) is 6.79. The lowest BCUT2D eigenvalue weighted by Crippen LogP contribution is -2.32. The molecule has 0 radical (unpaired) electrons. The second-order valence-electron chi connectivity index (χ2n) is 5.30. The van der Waals surface area contributed by atoms with Crippen LogP contribution in [0, 0.1) is 19.8 Å². The van der Waals surface area contributed by atoms with Crippen LogP contribution in [0.1, 0.15) is 43.5 Å². The van der Waals surface area contributed by atoms with Gasteiger partial charge in [-0.1, -0.05) is 37.6 Å². The Morgan fingerprint density at radius 2 is 1.82 bits per heavy atom. The number of nitrogens with one attached hydrogen (secondary N) is 1. The van der Waals surface area contributed by atoms with Crippen LogP contribution in [0.3, 0.4) is 0 Å². The lowest BCUT2D eigenvalue weighted by atomic mass is 9.99. The van der Waals surface area contributed by atoms with Gasteiger partial charge in [0.15, 0.2) is 0 Å². The number of benzene rings is 1. The molecule has 0 aliphatic heterocycles. The van der Waals surface area contributed by atoms with Crippen LogP contribution >= 0.6 is 0 Å². The molecule has 0 aliphatic carbocycles. The molecule has 1 aromatic carbocycles. The van der Waals surface area contributed by atoms with Crippen LogP contribution in [0.4, 0.5) is 0 Å². The third-order valence-electron chi connectivity index (χ3n) is 3.29. The lowest BCUT2D eigenvalue weighted by molar-refractivity contribution is 0.120. The standard InChI is InChI=1S/C15H25NO/c1-10(2)15(17)9-16-13(5)14-7-6-11(3)8-12(14)4/h6-8,10,13,15-17H,9H2,1-5H3. The molecule has 2 unspecified atom stereocenters. The minimum Gasteiger partial charge on any atom is -0.392 e. The number of hydrogen-bond donors (Lipinski definition) is 2. The van der Waals surface area contributed by atoms with Gasteiger partial charge in [-0.05, 0) is 37.8 Å². The van der Waals surface area contributed by atoms with E-state index in [9.17, 15) is 5.11 Å². The van der Waals surface area contributed by atoms with Crippen molar-refractivity contribution in [2.75, 3.05) is 6.54 Å². The van der Waals surface area contributed by atoms with Gasteiger partial charge in [0.25, 0.3) is 0 Å². The van der Waals surface area contributed by atoms with Crippen LogP contribution in [-0.2, 0) is 0 Å². The Morgan fingerprint density at radius 3 is 2.35 bits per heavy atom. The maximum absolute atomic E-state index is 9.77. The van der Waals surface area contributed by atoms with E-state index in [1.807, 2.05) is 13.8 Å². The van der Waals surface area contributed by atoms with E-state index in [-0.39, 0.29) is 12.1 Å². The van der Waals surface area contributed by atoms with Gasteiger partial charge in [0.05, 0.1) is 6.10 Å². The van der Waals surface area contributed by atoms with Crippen molar-refractivity contribution in [3.63, 3.8) is 0 Å². The molecule has 17 heavy (non-hydrogen) atoms. The maximum Gasteiger partial charge on any atom is 0.0687 e. The second kappa shape index (κ2) is 6.18. The molecular formula is C15H25NO. The van der Waals surface area contributed by atoms with Gasteiger partial charge in [0.2, 0.25) is 0 Å². The Balaban J connectivity index is 2.61. The Morgan fingerprint density at radius 1 is 1.18 bits per heavy atom. The molecule has 96 valence electrons. The molecule has 2 N–H and O–H groups in total. The highest BCUT2D eigenvalue weighted by atomic mass is 16.3. The van der Waals surface area contributed by atoms with Gasteiger partial charge in [0.1, 0.15) is 0 Å². The summed E-state index contributed by atoms with van der Waals surface area (Å²) in [4.78, 5) is 0. The summed E-state index contributed by atoms with van der Waals surface area (Å²) in [5.74, 6) is 0.300. The largest absolute Gasteiger partial charge is 0.392 e. The molecule has 0 bridgehead atoms. The van der Waals surface area contributed by atoms with Gasteiger partial charge in [0, 0.05) is 12.6 Å². The molecule has 0 saturated heterocycles. The van der Waals surface area contributed by atoms with Crippen molar-refractivity contribution in [3.05, 3.63) is 34.9 Å². The normalized spacial score (nSPS) is 15.0. The summed E-state index contributed by atoms with van der Waals surface area (Å²) in [7, 11) is 0. The molecule has 1 aromatic rings. The number of aliphatic hydroxyl groups is 1. The molecule has 0 spiro atoms. The fraction of sp³-hybridized carbons (Fsp3) is 0.600. The first kappa shape index (κ1) is 14.2. The number of aliphatic hydroxyl groups excluding tert-OH is 1. The number of hydrogen-bond acceptors (Lipinski definition) is 2. The van der Waals surface area contributed by atoms with Gasteiger partial charge < -0.3 is 10.4 Å². The van der Waals surface area contributed by atoms with E-state index in [4.69, 9.17) is 0 Å². The van der Waals surface area contributed by atoms with Crippen molar-refractivity contribution in [2.45, 2.75) is 46.8 Å². The third-order valence-corrected chi connectivity index (χ3v) is 3.29. The molecule has 0 fully saturated rings. The zero-order chi connectivity index (χ0) is 13.0. The first-order valence-corrected chi connectivity index (χ1v) is 6.40. The van der Waals surface area contributed by atoms with E-state index in [2.05, 4.69) is 44.3 Å². The SMILES string of the molecule is Cc1ccc(C(C)NCC(O)C(C)C)c(C)c1. The van der Waals surface area contributed by atoms with Crippen molar-refractivity contribution >= 4 is 0 Å². The quantitative estimate of drug-likeness (QED) is 0.822. The van der Waals surface area contributed by atoms with E-state index in [0.29, 0.717) is 12.5 Å². The average Bonchev–Trinajstić information content (AvgIpc) is 2.25. The van der Waals surface area contributed by atoms with Gasteiger partial charge in [-0.15, -0.1) is 0 Å². The molecule has 2 nitrogen and oxygen atoms in total. The average molecular weight is 235 g/mol. The summed E-state index contributed by atoms with van der Waals surface area (Å²) in [5, 5.41) is 13.2. The summed E-state index contributed by atoms with van der Waals surface area (Å²) in [5.41, 5.74) is 3.91. The van der Waals surface area contributed by atoms with Crippen LogP contribution in [0.25, 0.3) is 0 Å². The van der Waals surface area contributed by atoms with E-state index in [0.717, 1.165) is 0 Å². The molecule has 0 amide bonds.